The van der Waals surface area contributed by atoms with E-state index in [0.717, 1.165) is 24.2 Å². The maximum Gasteiger partial charge on any atom is 0.0547 e. The second-order valence-electron chi connectivity index (χ2n) is 5.26. The van der Waals surface area contributed by atoms with E-state index in [2.05, 4.69) is 53.3 Å². The molecule has 2 atom stereocenters. The number of aliphatic imine (C=N–C) groups is 1. The zero-order valence-electron chi connectivity index (χ0n) is 10.1. The Bertz CT molecular complexity index is 159. The first kappa shape index (κ1) is 12.7. The second-order valence-corrected chi connectivity index (χ2v) is 5.26. The van der Waals surface area contributed by atoms with Gasteiger partial charge in [0.05, 0.1) is 5.54 Å². The summed E-state index contributed by atoms with van der Waals surface area (Å²) in [7, 11) is 0. The van der Waals surface area contributed by atoms with Crippen molar-refractivity contribution in [3.05, 3.63) is 0 Å². The highest BCUT2D eigenvalue weighted by Crippen LogP contribution is 2.29. The van der Waals surface area contributed by atoms with Gasteiger partial charge in [-0.05, 0) is 44.7 Å². The van der Waals surface area contributed by atoms with Crippen LogP contribution in [0.5, 0.6) is 0 Å². The van der Waals surface area contributed by atoms with Crippen LogP contribution in [-0.2, 0) is 0 Å². The van der Waals surface area contributed by atoms with Crippen LogP contribution in [0.4, 0.5) is 0 Å². The molecule has 0 aromatic rings. The summed E-state index contributed by atoms with van der Waals surface area (Å²) in [4.78, 5) is 4.15. The highest BCUT2D eigenvalue weighted by Gasteiger charge is 2.23. The minimum atomic E-state index is 0.0442. The van der Waals surface area contributed by atoms with Crippen molar-refractivity contribution < 1.29 is 0 Å². The third-order valence-electron chi connectivity index (χ3n) is 3.20. The third kappa shape index (κ3) is 4.44. The van der Waals surface area contributed by atoms with Gasteiger partial charge in [-0.1, -0.05) is 27.7 Å². The van der Waals surface area contributed by atoms with E-state index < -0.39 is 0 Å². The Morgan fingerprint density at radius 3 is 1.92 bits per heavy atom. The largest absolute Gasteiger partial charge is 0.295 e. The van der Waals surface area contributed by atoms with Crippen molar-refractivity contribution in [2.24, 2.45) is 22.7 Å². The zero-order valence-corrected chi connectivity index (χ0v) is 10.1. The van der Waals surface area contributed by atoms with Gasteiger partial charge >= 0.3 is 0 Å². The topological polar surface area (TPSA) is 12.4 Å². The van der Waals surface area contributed by atoms with Gasteiger partial charge in [0.2, 0.25) is 0 Å². The minimum Gasteiger partial charge on any atom is -0.295 e. The molecule has 0 rings (SSSR count). The Balaban J connectivity index is 4.14. The Morgan fingerprint density at radius 1 is 1.15 bits per heavy atom. The van der Waals surface area contributed by atoms with Gasteiger partial charge in [0.25, 0.3) is 0 Å². The maximum absolute atomic E-state index is 4.15. The molecule has 0 spiro atoms. The van der Waals surface area contributed by atoms with Gasteiger partial charge < -0.3 is 0 Å². The molecule has 0 radical (unpaired) electrons. The molecule has 0 fully saturated rings. The van der Waals surface area contributed by atoms with Crippen molar-refractivity contribution in [3.63, 3.8) is 0 Å². The standard InChI is InChI=1S/C12H25N/c1-9(2)11(4)10(3)8-12(5,6)13-7/h9-11H,7-8H2,1-6H3. The molecule has 0 aliphatic rings. The first-order chi connectivity index (χ1) is 5.80. The maximum atomic E-state index is 4.15. The van der Waals surface area contributed by atoms with Gasteiger partial charge in [-0.2, -0.15) is 0 Å². The summed E-state index contributed by atoms with van der Waals surface area (Å²) in [5.41, 5.74) is 0.0442. The third-order valence-corrected chi connectivity index (χ3v) is 3.20. The molecule has 0 bridgehead atoms. The highest BCUT2D eigenvalue weighted by molar-refractivity contribution is 5.25. The molecular formula is C12H25N. The van der Waals surface area contributed by atoms with Crippen LogP contribution in [0.2, 0.25) is 0 Å². The SMILES string of the molecule is C=NC(C)(C)CC(C)C(C)C(C)C. The van der Waals surface area contributed by atoms with Gasteiger partial charge in [-0.15, -0.1) is 0 Å². The quantitative estimate of drug-likeness (QED) is 0.575. The van der Waals surface area contributed by atoms with Gasteiger partial charge in [0.15, 0.2) is 0 Å². The van der Waals surface area contributed by atoms with Crippen molar-refractivity contribution in [2.45, 2.75) is 53.5 Å². The predicted octanol–water partition coefficient (Wildman–Crippen LogP) is 3.78. The molecule has 2 unspecified atom stereocenters. The van der Waals surface area contributed by atoms with Gasteiger partial charge in [-0.3, -0.25) is 4.99 Å². The van der Waals surface area contributed by atoms with Crippen LogP contribution in [0.25, 0.3) is 0 Å². The van der Waals surface area contributed by atoms with E-state index in [4.69, 9.17) is 0 Å². The first-order valence-corrected chi connectivity index (χ1v) is 5.28. The van der Waals surface area contributed by atoms with E-state index in [1.54, 1.807) is 0 Å². The molecule has 0 aliphatic carbocycles. The Hall–Kier alpha value is -0.330. The number of hydrogen-bond acceptors (Lipinski definition) is 1. The summed E-state index contributed by atoms with van der Waals surface area (Å²) in [5, 5.41) is 0. The molecule has 0 saturated heterocycles. The zero-order chi connectivity index (χ0) is 10.6. The summed E-state index contributed by atoms with van der Waals surface area (Å²) in [6.07, 6.45) is 1.13. The lowest BCUT2D eigenvalue weighted by Crippen LogP contribution is -2.25. The van der Waals surface area contributed by atoms with E-state index in [1.165, 1.54) is 0 Å². The number of rotatable bonds is 5. The Labute approximate surface area is 83.6 Å². The molecular weight excluding hydrogens is 158 g/mol. The van der Waals surface area contributed by atoms with Gasteiger partial charge in [0.1, 0.15) is 0 Å². The van der Waals surface area contributed by atoms with Crippen LogP contribution >= 0.6 is 0 Å². The molecule has 0 saturated carbocycles. The summed E-state index contributed by atoms with van der Waals surface area (Å²) < 4.78 is 0. The van der Waals surface area contributed by atoms with Crippen LogP contribution in [0.15, 0.2) is 4.99 Å². The molecule has 13 heavy (non-hydrogen) atoms. The normalized spacial score (nSPS) is 17.2. The summed E-state index contributed by atoms with van der Waals surface area (Å²) in [6.45, 7) is 17.2. The lowest BCUT2D eigenvalue weighted by Gasteiger charge is -2.29. The predicted molar refractivity (Wildman–Crippen MR) is 61.4 cm³/mol. The molecule has 1 nitrogen and oxygen atoms in total. The van der Waals surface area contributed by atoms with Crippen LogP contribution in [0, 0.1) is 17.8 Å². The highest BCUT2D eigenvalue weighted by atomic mass is 14.8. The van der Waals surface area contributed by atoms with Crippen molar-refractivity contribution in [2.75, 3.05) is 0 Å². The average Bonchev–Trinajstić information content (AvgIpc) is 2.02. The first-order valence-electron chi connectivity index (χ1n) is 5.28. The summed E-state index contributed by atoms with van der Waals surface area (Å²) >= 11 is 0. The van der Waals surface area contributed by atoms with Gasteiger partial charge in [0, 0.05) is 0 Å². The molecule has 0 aliphatic heterocycles. The van der Waals surface area contributed by atoms with E-state index in [1.807, 2.05) is 0 Å². The fourth-order valence-electron chi connectivity index (χ4n) is 1.70. The smallest absolute Gasteiger partial charge is 0.0547 e. The second kappa shape index (κ2) is 4.78. The Morgan fingerprint density at radius 2 is 1.62 bits per heavy atom. The van der Waals surface area contributed by atoms with Crippen molar-refractivity contribution in [1.82, 2.24) is 0 Å². The molecule has 0 N–H and O–H groups in total. The summed E-state index contributed by atoms with van der Waals surface area (Å²) in [5.74, 6) is 2.25. The molecule has 0 heterocycles. The molecule has 0 aromatic carbocycles. The van der Waals surface area contributed by atoms with Crippen LogP contribution in [0.3, 0.4) is 0 Å². The van der Waals surface area contributed by atoms with Crippen LogP contribution < -0.4 is 0 Å². The van der Waals surface area contributed by atoms with Crippen molar-refractivity contribution in [3.8, 4) is 0 Å². The molecule has 78 valence electrons. The monoisotopic (exact) mass is 183 g/mol. The van der Waals surface area contributed by atoms with Gasteiger partial charge in [-0.25, -0.2) is 0 Å². The van der Waals surface area contributed by atoms with E-state index >= 15 is 0 Å². The average molecular weight is 183 g/mol. The Kier molecular flexibility index (Phi) is 4.66. The van der Waals surface area contributed by atoms with E-state index in [0.29, 0.717) is 0 Å². The summed E-state index contributed by atoms with van der Waals surface area (Å²) in [6, 6.07) is 0. The lowest BCUT2D eigenvalue weighted by molar-refractivity contribution is 0.244. The molecule has 1 heteroatoms. The van der Waals surface area contributed by atoms with E-state index in [9.17, 15) is 0 Å². The van der Waals surface area contributed by atoms with Crippen LogP contribution in [-0.4, -0.2) is 12.3 Å². The number of hydrogen-bond donors (Lipinski definition) is 0. The van der Waals surface area contributed by atoms with Crippen molar-refractivity contribution >= 4 is 6.72 Å². The minimum absolute atomic E-state index is 0.0442. The molecule has 0 amide bonds. The van der Waals surface area contributed by atoms with E-state index in [-0.39, 0.29) is 5.54 Å². The fourth-order valence-corrected chi connectivity index (χ4v) is 1.70. The number of nitrogens with zero attached hydrogens (tertiary/aromatic N) is 1. The van der Waals surface area contributed by atoms with Crippen molar-refractivity contribution in [1.29, 1.82) is 0 Å². The van der Waals surface area contributed by atoms with Crippen LogP contribution in [0.1, 0.15) is 48.0 Å². The fraction of sp³-hybridized carbons (Fsp3) is 0.917. The molecule has 0 aromatic heterocycles. The lowest BCUT2D eigenvalue weighted by atomic mass is 9.79.